The molecular weight excluding hydrogens is 665 g/mol. The number of fused-ring (bicyclic) bond motifs is 7. The molecule has 0 spiro atoms. The highest BCUT2D eigenvalue weighted by Gasteiger charge is 2.29. The van der Waals surface area contributed by atoms with Crippen molar-refractivity contribution in [1.82, 2.24) is 9.55 Å². The van der Waals surface area contributed by atoms with Crippen LogP contribution in [-0.2, 0) is 0 Å². The summed E-state index contributed by atoms with van der Waals surface area (Å²) in [6, 6.07) is 61.1. The van der Waals surface area contributed by atoms with E-state index in [1.165, 1.54) is 16.8 Å². The first-order valence-electron chi connectivity index (χ1n) is 18.1. The van der Waals surface area contributed by atoms with E-state index >= 15 is 0 Å². The molecule has 256 valence electrons. The molecule has 10 aromatic rings. The topological polar surface area (TPSA) is 46.7 Å². The summed E-state index contributed by atoms with van der Waals surface area (Å²) in [7, 11) is 0. The monoisotopic (exact) mass is 696 g/mol. The highest BCUT2D eigenvalue weighted by molar-refractivity contribution is 6.10. The summed E-state index contributed by atoms with van der Waals surface area (Å²) in [4.78, 5) is 9.69. The second-order valence-corrected chi connectivity index (χ2v) is 13.7. The Morgan fingerprint density at radius 1 is 0.463 bits per heavy atom. The predicted octanol–water partition coefficient (Wildman–Crippen LogP) is 12.8. The van der Waals surface area contributed by atoms with Crippen LogP contribution >= 0.6 is 0 Å². The van der Waals surface area contributed by atoms with Gasteiger partial charge >= 0.3 is 0 Å². The van der Waals surface area contributed by atoms with Crippen molar-refractivity contribution >= 4 is 66.5 Å². The molecule has 0 fully saturated rings. The lowest BCUT2D eigenvalue weighted by molar-refractivity contribution is 0.483. The Labute approximate surface area is 311 Å². The molecule has 0 unspecified atom stereocenters. The van der Waals surface area contributed by atoms with Crippen LogP contribution in [0.1, 0.15) is 0 Å². The number of nitrogens with zero attached hydrogens (tertiary/aromatic N) is 4. The molecule has 6 nitrogen and oxygen atoms in total. The molecule has 1 aliphatic heterocycles. The van der Waals surface area contributed by atoms with E-state index < -0.39 is 0 Å². The molecule has 0 atom stereocenters. The smallest absolute Gasteiger partial charge is 0.141 e. The van der Waals surface area contributed by atoms with E-state index in [1.807, 2.05) is 36.5 Å². The maximum atomic E-state index is 6.67. The fraction of sp³-hybridized carbons (Fsp3) is 0.0208. The molecule has 0 radical (unpaired) electrons. The first-order chi connectivity index (χ1) is 26.7. The van der Waals surface area contributed by atoms with Crippen LogP contribution < -0.4 is 14.5 Å². The third kappa shape index (κ3) is 4.92. The van der Waals surface area contributed by atoms with E-state index in [-0.39, 0.29) is 0 Å². The number of hydrogen-bond donors (Lipinski definition) is 0. The van der Waals surface area contributed by atoms with Gasteiger partial charge in [-0.3, -0.25) is 4.57 Å². The average molecular weight is 697 g/mol. The number of hydrogen-bond acceptors (Lipinski definition) is 5. The molecule has 0 aliphatic carbocycles. The van der Waals surface area contributed by atoms with Gasteiger partial charge in [-0.2, -0.15) is 0 Å². The van der Waals surface area contributed by atoms with Gasteiger partial charge in [0.15, 0.2) is 0 Å². The second kappa shape index (κ2) is 12.1. The molecule has 7 aromatic carbocycles. The van der Waals surface area contributed by atoms with E-state index in [9.17, 15) is 0 Å². The van der Waals surface area contributed by atoms with Crippen molar-refractivity contribution in [2.45, 2.75) is 0 Å². The van der Waals surface area contributed by atoms with Gasteiger partial charge in [-0.1, -0.05) is 97.1 Å². The van der Waals surface area contributed by atoms with Crippen molar-refractivity contribution in [1.29, 1.82) is 0 Å². The summed E-state index contributed by atoms with van der Waals surface area (Å²) in [6.45, 7) is 0.676. The van der Waals surface area contributed by atoms with Crippen molar-refractivity contribution in [3.63, 3.8) is 0 Å². The quantitative estimate of drug-likeness (QED) is 0.173. The fourth-order valence-corrected chi connectivity index (χ4v) is 7.97. The Kier molecular flexibility index (Phi) is 6.82. The van der Waals surface area contributed by atoms with Crippen LogP contribution in [0.15, 0.2) is 187 Å². The summed E-state index contributed by atoms with van der Waals surface area (Å²) in [6.07, 6.45) is 1.92. The maximum absolute atomic E-state index is 6.67. The van der Waals surface area contributed by atoms with Gasteiger partial charge in [0.25, 0.3) is 0 Å². The first-order valence-corrected chi connectivity index (χ1v) is 18.1. The molecule has 54 heavy (non-hydrogen) atoms. The molecule has 0 saturated heterocycles. The molecule has 0 amide bonds. The van der Waals surface area contributed by atoms with Gasteiger partial charge in [0.05, 0.1) is 22.4 Å². The highest BCUT2D eigenvalue weighted by Crippen LogP contribution is 2.47. The van der Waals surface area contributed by atoms with Crippen molar-refractivity contribution in [2.75, 3.05) is 16.5 Å². The summed E-state index contributed by atoms with van der Waals surface area (Å²) in [5, 5.41) is 4.35. The summed E-state index contributed by atoms with van der Waals surface area (Å²) < 4.78 is 15.1. The van der Waals surface area contributed by atoms with Crippen LogP contribution in [0.25, 0.3) is 60.7 Å². The largest absolute Gasteiger partial charge is 0.457 e. The lowest BCUT2D eigenvalue weighted by atomic mass is 10.0. The van der Waals surface area contributed by atoms with Crippen molar-refractivity contribution < 1.29 is 9.15 Å². The molecule has 6 heteroatoms. The van der Waals surface area contributed by atoms with Gasteiger partial charge in [-0.15, -0.1) is 0 Å². The number of pyridine rings is 1. The molecule has 0 bridgehead atoms. The van der Waals surface area contributed by atoms with E-state index in [0.29, 0.717) is 6.67 Å². The number of rotatable bonds is 6. The minimum Gasteiger partial charge on any atom is -0.457 e. The predicted molar refractivity (Wildman–Crippen MR) is 220 cm³/mol. The molecule has 0 N–H and O–H groups in total. The zero-order valence-electron chi connectivity index (χ0n) is 29.1. The van der Waals surface area contributed by atoms with Crippen LogP contribution in [0.3, 0.4) is 0 Å². The molecule has 3 aromatic heterocycles. The van der Waals surface area contributed by atoms with Crippen LogP contribution in [0.5, 0.6) is 11.5 Å². The number of anilines is 4. The van der Waals surface area contributed by atoms with Crippen LogP contribution in [0, 0.1) is 0 Å². The zero-order chi connectivity index (χ0) is 35.6. The number of ether oxygens (including phenoxy) is 1. The van der Waals surface area contributed by atoms with E-state index in [2.05, 4.69) is 160 Å². The molecule has 4 heterocycles. The van der Waals surface area contributed by atoms with Gasteiger partial charge < -0.3 is 19.0 Å². The van der Waals surface area contributed by atoms with Gasteiger partial charge in [0, 0.05) is 57.3 Å². The van der Waals surface area contributed by atoms with Crippen LogP contribution in [0.4, 0.5) is 22.7 Å². The minimum absolute atomic E-state index is 0.676. The van der Waals surface area contributed by atoms with Crippen LogP contribution in [0.2, 0.25) is 0 Å². The average Bonchev–Trinajstić information content (AvgIpc) is 3.90. The SMILES string of the molecule is c1ccc(-c2ccc3c(c2)N(c2ccccc2)CN3c2cccc(Oc3ccc4c5ccccc5n(-c5cc6oc7ccccc7c6cn5)c4c3)c2)cc1. The van der Waals surface area contributed by atoms with Crippen LogP contribution in [-0.4, -0.2) is 16.2 Å². The highest BCUT2D eigenvalue weighted by atomic mass is 16.5. The Hall–Kier alpha value is -7.31. The maximum Gasteiger partial charge on any atom is 0.141 e. The third-order valence-corrected chi connectivity index (χ3v) is 10.5. The molecular formula is C48H32N4O2. The Bertz CT molecular complexity index is 3020. The molecule has 0 saturated carbocycles. The van der Waals surface area contributed by atoms with Gasteiger partial charge in [-0.05, 0) is 71.8 Å². The zero-order valence-corrected chi connectivity index (χ0v) is 29.1. The standard InChI is InChI=1S/C48H32N4O2/c1-3-12-32(13-4-1)33-22-25-43-45(26-33)50(34-14-5-2-6-15-34)31-51(43)35-16-11-17-36(27-35)53-37-23-24-39-38-18-7-9-20-42(38)52(44(39)28-37)48-29-47-41(30-49-48)40-19-8-10-21-46(40)54-47/h1-30H,31H2. The fourth-order valence-electron chi connectivity index (χ4n) is 7.97. The summed E-state index contributed by atoms with van der Waals surface area (Å²) in [5.41, 5.74) is 10.6. The lowest BCUT2D eigenvalue weighted by Crippen LogP contribution is -2.23. The van der Waals surface area contributed by atoms with Crippen molar-refractivity contribution in [2.24, 2.45) is 0 Å². The van der Waals surface area contributed by atoms with Gasteiger partial charge in [0.2, 0.25) is 0 Å². The van der Waals surface area contributed by atoms with Gasteiger partial charge in [-0.25, -0.2) is 4.98 Å². The summed E-state index contributed by atoms with van der Waals surface area (Å²) in [5.74, 6) is 2.30. The Balaban J connectivity index is 0.969. The minimum atomic E-state index is 0.676. The van der Waals surface area contributed by atoms with Crippen molar-refractivity contribution in [3.05, 3.63) is 182 Å². The summed E-state index contributed by atoms with van der Waals surface area (Å²) >= 11 is 0. The molecule has 11 rings (SSSR count). The Morgan fingerprint density at radius 2 is 1.19 bits per heavy atom. The number of aromatic nitrogens is 2. The third-order valence-electron chi connectivity index (χ3n) is 10.5. The second-order valence-electron chi connectivity index (χ2n) is 13.7. The van der Waals surface area contributed by atoms with Crippen molar-refractivity contribution in [3.8, 4) is 28.4 Å². The number of para-hydroxylation sites is 3. The van der Waals surface area contributed by atoms with E-state index in [1.54, 1.807) is 0 Å². The molecule has 1 aliphatic rings. The lowest BCUT2D eigenvalue weighted by Gasteiger charge is -2.22. The van der Waals surface area contributed by atoms with E-state index in [4.69, 9.17) is 14.1 Å². The van der Waals surface area contributed by atoms with Gasteiger partial charge in [0.1, 0.15) is 35.2 Å². The normalized spacial score (nSPS) is 12.7. The number of benzene rings is 7. The van der Waals surface area contributed by atoms with E-state index in [0.717, 1.165) is 78.1 Å². The number of furan rings is 1. The Morgan fingerprint density at radius 3 is 2.07 bits per heavy atom. The first kappa shape index (κ1) is 30.3.